The number of carbonyl (C=O) groups excluding carboxylic acids is 1. The van der Waals surface area contributed by atoms with E-state index in [0.717, 1.165) is 11.1 Å². The maximum Gasteiger partial charge on any atom is 0.349 e. The van der Waals surface area contributed by atoms with Gasteiger partial charge < -0.3 is 9.47 Å². The molecule has 0 heterocycles. The highest BCUT2D eigenvalue weighted by Crippen LogP contribution is 2.25. The number of hydrogen-bond donors (Lipinski definition) is 0. The number of carbonyl (C=O) groups is 1. The Labute approximate surface area is 127 Å². The molecule has 0 unspecified atom stereocenters. The van der Waals surface area contributed by atoms with Crippen molar-refractivity contribution in [3.05, 3.63) is 63.7 Å². The number of nitrogens with zero attached hydrogens (tertiary/aromatic N) is 1. The van der Waals surface area contributed by atoms with Crippen LogP contribution in [0.25, 0.3) is 0 Å². The lowest BCUT2D eigenvalue weighted by molar-refractivity contribution is -0.385. The summed E-state index contributed by atoms with van der Waals surface area (Å²) in [5.41, 5.74) is 1.76. The third-order valence-corrected chi connectivity index (χ3v) is 2.83. The van der Waals surface area contributed by atoms with Crippen molar-refractivity contribution in [3.63, 3.8) is 0 Å². The maximum atomic E-state index is 11.8. The summed E-state index contributed by atoms with van der Waals surface area (Å²) in [6.07, 6.45) is 0. The van der Waals surface area contributed by atoms with Gasteiger partial charge >= 0.3 is 11.7 Å². The smallest absolute Gasteiger partial charge is 0.349 e. The normalized spacial score (nSPS) is 10.1. The first-order chi connectivity index (χ1) is 10.5. The van der Waals surface area contributed by atoms with Crippen LogP contribution >= 0.6 is 0 Å². The molecular formula is C16H15NO5. The third kappa shape index (κ3) is 4.05. The number of esters is 1. The summed E-state index contributed by atoms with van der Waals surface area (Å²) in [4.78, 5) is 22.0. The zero-order valence-corrected chi connectivity index (χ0v) is 12.2. The SMILES string of the molecule is Cc1cc(C)cc(OC(=O)COc2ccccc2[N+](=O)[O-])c1. The Kier molecular flexibility index (Phi) is 4.73. The van der Waals surface area contributed by atoms with Gasteiger partial charge in [-0.3, -0.25) is 10.1 Å². The Morgan fingerprint density at radius 3 is 2.41 bits per heavy atom. The van der Waals surface area contributed by atoms with E-state index in [-0.39, 0.29) is 11.4 Å². The zero-order valence-electron chi connectivity index (χ0n) is 12.2. The average Bonchev–Trinajstić information content (AvgIpc) is 2.44. The predicted octanol–water partition coefficient (Wildman–Crippen LogP) is 3.20. The molecule has 0 amide bonds. The molecule has 0 radical (unpaired) electrons. The monoisotopic (exact) mass is 301 g/mol. The van der Waals surface area contributed by atoms with Crippen molar-refractivity contribution in [2.24, 2.45) is 0 Å². The molecule has 0 N–H and O–H groups in total. The maximum absolute atomic E-state index is 11.8. The molecule has 6 nitrogen and oxygen atoms in total. The molecule has 0 atom stereocenters. The molecule has 114 valence electrons. The lowest BCUT2D eigenvalue weighted by Crippen LogP contribution is -2.18. The molecule has 0 saturated heterocycles. The fraction of sp³-hybridized carbons (Fsp3) is 0.188. The molecule has 0 spiro atoms. The van der Waals surface area contributed by atoms with Gasteiger partial charge in [0.1, 0.15) is 5.75 Å². The standard InChI is InChI=1S/C16H15NO5/c1-11-7-12(2)9-13(8-11)22-16(18)10-21-15-6-4-3-5-14(15)17(19)20/h3-9H,10H2,1-2H3. The number of para-hydroxylation sites is 2. The summed E-state index contributed by atoms with van der Waals surface area (Å²) in [5, 5.41) is 10.8. The van der Waals surface area contributed by atoms with Crippen LogP contribution in [0.5, 0.6) is 11.5 Å². The Bertz CT molecular complexity index is 691. The van der Waals surface area contributed by atoms with Crippen molar-refractivity contribution >= 4 is 11.7 Å². The Balaban J connectivity index is 2.00. The number of hydrogen-bond acceptors (Lipinski definition) is 5. The van der Waals surface area contributed by atoms with Crippen LogP contribution in [0.15, 0.2) is 42.5 Å². The van der Waals surface area contributed by atoms with E-state index in [1.807, 2.05) is 19.9 Å². The molecule has 0 saturated carbocycles. The summed E-state index contributed by atoms with van der Waals surface area (Å²) in [5.74, 6) is -0.165. The second-order valence-corrected chi connectivity index (χ2v) is 4.81. The van der Waals surface area contributed by atoms with Gasteiger partial charge in [-0.2, -0.15) is 0 Å². The quantitative estimate of drug-likeness (QED) is 0.367. The van der Waals surface area contributed by atoms with Crippen LogP contribution in [0.4, 0.5) is 5.69 Å². The van der Waals surface area contributed by atoms with Gasteiger partial charge in [-0.1, -0.05) is 18.2 Å². The fourth-order valence-corrected chi connectivity index (χ4v) is 2.02. The van der Waals surface area contributed by atoms with E-state index in [1.165, 1.54) is 18.2 Å². The van der Waals surface area contributed by atoms with Gasteiger partial charge in [0.2, 0.25) is 0 Å². The van der Waals surface area contributed by atoms with E-state index in [4.69, 9.17) is 9.47 Å². The van der Waals surface area contributed by atoms with Gasteiger partial charge in [-0.15, -0.1) is 0 Å². The van der Waals surface area contributed by atoms with E-state index >= 15 is 0 Å². The summed E-state index contributed by atoms with van der Waals surface area (Å²) < 4.78 is 10.3. The number of nitro groups is 1. The van der Waals surface area contributed by atoms with E-state index in [2.05, 4.69) is 0 Å². The largest absolute Gasteiger partial charge is 0.475 e. The Hall–Kier alpha value is -2.89. The minimum Gasteiger partial charge on any atom is -0.475 e. The summed E-state index contributed by atoms with van der Waals surface area (Å²) in [6, 6.07) is 11.3. The van der Waals surface area contributed by atoms with Crippen LogP contribution in [0, 0.1) is 24.0 Å². The van der Waals surface area contributed by atoms with E-state index in [1.54, 1.807) is 18.2 Å². The number of rotatable bonds is 5. The number of ether oxygens (including phenoxy) is 2. The van der Waals surface area contributed by atoms with Crippen molar-refractivity contribution in [2.75, 3.05) is 6.61 Å². The van der Waals surface area contributed by atoms with Crippen LogP contribution in [-0.2, 0) is 4.79 Å². The molecular weight excluding hydrogens is 286 g/mol. The van der Waals surface area contributed by atoms with Crippen molar-refractivity contribution < 1.29 is 19.2 Å². The van der Waals surface area contributed by atoms with Crippen molar-refractivity contribution in [1.82, 2.24) is 0 Å². The molecule has 0 aliphatic carbocycles. The summed E-state index contributed by atoms with van der Waals surface area (Å²) in [7, 11) is 0. The number of nitro benzene ring substituents is 1. The number of aryl methyl sites for hydroxylation is 2. The van der Waals surface area contributed by atoms with Crippen LogP contribution in [0.1, 0.15) is 11.1 Å². The lowest BCUT2D eigenvalue weighted by atomic mass is 10.1. The molecule has 0 bridgehead atoms. The molecule has 0 fully saturated rings. The average molecular weight is 301 g/mol. The van der Waals surface area contributed by atoms with Gasteiger partial charge in [0.25, 0.3) is 0 Å². The van der Waals surface area contributed by atoms with Gasteiger partial charge in [0.15, 0.2) is 12.4 Å². The second-order valence-electron chi connectivity index (χ2n) is 4.81. The van der Waals surface area contributed by atoms with Gasteiger partial charge in [-0.25, -0.2) is 4.79 Å². The summed E-state index contributed by atoms with van der Waals surface area (Å²) in [6.45, 7) is 3.39. The van der Waals surface area contributed by atoms with Gasteiger partial charge in [-0.05, 0) is 43.2 Å². The van der Waals surface area contributed by atoms with Gasteiger partial charge in [0, 0.05) is 6.07 Å². The minimum absolute atomic E-state index is 0.0323. The summed E-state index contributed by atoms with van der Waals surface area (Å²) >= 11 is 0. The number of benzene rings is 2. The second kappa shape index (κ2) is 6.71. The molecule has 6 heteroatoms. The third-order valence-electron chi connectivity index (χ3n) is 2.83. The molecule has 0 aliphatic heterocycles. The first-order valence-corrected chi connectivity index (χ1v) is 6.61. The molecule has 2 aromatic rings. The van der Waals surface area contributed by atoms with Crippen LogP contribution in [0.2, 0.25) is 0 Å². The molecule has 22 heavy (non-hydrogen) atoms. The van der Waals surface area contributed by atoms with E-state index < -0.39 is 17.5 Å². The van der Waals surface area contributed by atoms with E-state index in [0.29, 0.717) is 5.75 Å². The fourth-order valence-electron chi connectivity index (χ4n) is 2.02. The molecule has 0 aromatic heterocycles. The van der Waals surface area contributed by atoms with Crippen molar-refractivity contribution in [1.29, 1.82) is 0 Å². The first-order valence-electron chi connectivity index (χ1n) is 6.61. The first kappa shape index (κ1) is 15.5. The lowest BCUT2D eigenvalue weighted by Gasteiger charge is -2.08. The topological polar surface area (TPSA) is 78.7 Å². The van der Waals surface area contributed by atoms with Crippen molar-refractivity contribution in [3.8, 4) is 11.5 Å². The highest BCUT2D eigenvalue weighted by atomic mass is 16.6. The molecule has 0 aliphatic rings. The highest BCUT2D eigenvalue weighted by molar-refractivity contribution is 5.74. The molecule has 2 rings (SSSR count). The Morgan fingerprint density at radius 1 is 1.14 bits per heavy atom. The van der Waals surface area contributed by atoms with Crippen molar-refractivity contribution in [2.45, 2.75) is 13.8 Å². The van der Waals surface area contributed by atoms with Crippen LogP contribution in [0.3, 0.4) is 0 Å². The predicted molar refractivity (Wildman–Crippen MR) is 80.1 cm³/mol. The highest BCUT2D eigenvalue weighted by Gasteiger charge is 2.15. The minimum atomic E-state index is -0.622. The Morgan fingerprint density at radius 2 is 1.77 bits per heavy atom. The molecule has 2 aromatic carbocycles. The van der Waals surface area contributed by atoms with Crippen LogP contribution in [-0.4, -0.2) is 17.5 Å². The van der Waals surface area contributed by atoms with Crippen LogP contribution < -0.4 is 9.47 Å². The zero-order chi connectivity index (χ0) is 16.1. The van der Waals surface area contributed by atoms with Gasteiger partial charge in [0.05, 0.1) is 4.92 Å². The van der Waals surface area contributed by atoms with E-state index in [9.17, 15) is 14.9 Å².